The fourth-order valence-corrected chi connectivity index (χ4v) is 3.40. The summed E-state index contributed by atoms with van der Waals surface area (Å²) in [7, 11) is 0. The molecule has 4 nitrogen and oxygen atoms in total. The van der Waals surface area contributed by atoms with E-state index in [0.717, 1.165) is 15.9 Å². The van der Waals surface area contributed by atoms with Gasteiger partial charge in [-0.1, -0.05) is 0 Å². The Kier molecular flexibility index (Phi) is 2.73. The first-order chi connectivity index (χ1) is 9.70. The summed E-state index contributed by atoms with van der Waals surface area (Å²) >= 11 is 1.45. The second-order valence-corrected chi connectivity index (χ2v) is 6.58. The molecule has 1 heterocycles. The molecule has 0 spiro atoms. The third kappa shape index (κ3) is 2.28. The summed E-state index contributed by atoms with van der Waals surface area (Å²) in [6.07, 6.45) is 4.80. The average Bonchev–Trinajstić information content (AvgIpc) is 3.28. The predicted octanol–water partition coefficient (Wildman–Crippen LogP) is 3.36. The second-order valence-electron chi connectivity index (χ2n) is 5.54. The van der Waals surface area contributed by atoms with Crippen LogP contribution in [0.3, 0.4) is 0 Å². The number of aromatic nitrogens is 3. The standard InChI is InChI=1S/C14H15FN4S/c15-9-5-10(16)7-12(6-9)20-14-18-17-13(8-1-2-8)19(14)11-3-4-11/h5-8,11H,1-4,16H2. The second kappa shape index (κ2) is 4.48. The van der Waals surface area contributed by atoms with Crippen LogP contribution in [0.5, 0.6) is 0 Å². The van der Waals surface area contributed by atoms with Crippen LogP contribution in [0.25, 0.3) is 0 Å². The van der Waals surface area contributed by atoms with Crippen molar-refractivity contribution >= 4 is 17.4 Å². The molecule has 1 aromatic carbocycles. The first-order valence-electron chi connectivity index (χ1n) is 6.89. The molecule has 0 unspecified atom stereocenters. The van der Waals surface area contributed by atoms with Crippen molar-refractivity contribution < 1.29 is 4.39 Å². The van der Waals surface area contributed by atoms with Gasteiger partial charge in [-0.2, -0.15) is 0 Å². The van der Waals surface area contributed by atoms with Gasteiger partial charge >= 0.3 is 0 Å². The maximum absolute atomic E-state index is 13.4. The van der Waals surface area contributed by atoms with E-state index in [-0.39, 0.29) is 5.82 Å². The Morgan fingerprint density at radius 2 is 1.95 bits per heavy atom. The number of halogens is 1. The highest BCUT2D eigenvalue weighted by Crippen LogP contribution is 2.46. The van der Waals surface area contributed by atoms with E-state index >= 15 is 0 Å². The molecule has 0 radical (unpaired) electrons. The monoisotopic (exact) mass is 290 g/mol. The van der Waals surface area contributed by atoms with Crippen molar-refractivity contribution in [2.75, 3.05) is 5.73 Å². The van der Waals surface area contributed by atoms with E-state index < -0.39 is 0 Å². The molecule has 2 aromatic rings. The van der Waals surface area contributed by atoms with Crippen molar-refractivity contribution in [1.82, 2.24) is 14.8 Å². The zero-order chi connectivity index (χ0) is 13.7. The Balaban J connectivity index is 1.68. The molecule has 2 aliphatic rings. The van der Waals surface area contributed by atoms with Gasteiger partial charge in [-0.3, -0.25) is 0 Å². The van der Waals surface area contributed by atoms with Crippen LogP contribution in [0.15, 0.2) is 28.3 Å². The van der Waals surface area contributed by atoms with Crippen molar-refractivity contribution in [1.29, 1.82) is 0 Å². The first kappa shape index (κ1) is 12.2. The topological polar surface area (TPSA) is 56.7 Å². The lowest BCUT2D eigenvalue weighted by Gasteiger charge is -2.08. The molecule has 0 saturated heterocycles. The molecule has 1 aromatic heterocycles. The molecule has 2 fully saturated rings. The zero-order valence-corrected chi connectivity index (χ0v) is 11.7. The number of rotatable bonds is 4. The number of nitrogen functional groups attached to an aromatic ring is 1. The minimum Gasteiger partial charge on any atom is -0.399 e. The van der Waals surface area contributed by atoms with Gasteiger partial charge in [0.2, 0.25) is 0 Å². The van der Waals surface area contributed by atoms with Crippen LogP contribution in [-0.4, -0.2) is 14.8 Å². The first-order valence-corrected chi connectivity index (χ1v) is 7.71. The molecule has 0 bridgehead atoms. The number of nitrogens with zero attached hydrogens (tertiary/aromatic N) is 3. The highest BCUT2D eigenvalue weighted by molar-refractivity contribution is 7.99. The molecule has 0 aliphatic heterocycles. The normalized spacial score (nSPS) is 18.4. The van der Waals surface area contributed by atoms with E-state index in [2.05, 4.69) is 14.8 Å². The Morgan fingerprint density at radius 3 is 2.60 bits per heavy atom. The molecule has 4 rings (SSSR count). The molecular formula is C14H15FN4S. The van der Waals surface area contributed by atoms with Crippen molar-refractivity contribution in [2.24, 2.45) is 0 Å². The van der Waals surface area contributed by atoms with Crippen LogP contribution in [0.2, 0.25) is 0 Å². The summed E-state index contributed by atoms with van der Waals surface area (Å²) < 4.78 is 15.7. The Morgan fingerprint density at radius 1 is 1.15 bits per heavy atom. The Labute approximate surface area is 120 Å². The number of hydrogen-bond donors (Lipinski definition) is 1. The maximum atomic E-state index is 13.4. The summed E-state index contributed by atoms with van der Waals surface area (Å²) in [5, 5.41) is 9.51. The van der Waals surface area contributed by atoms with Gasteiger partial charge in [0.05, 0.1) is 0 Å². The summed E-state index contributed by atoms with van der Waals surface area (Å²) in [4.78, 5) is 0.777. The van der Waals surface area contributed by atoms with Gasteiger partial charge in [-0.15, -0.1) is 10.2 Å². The van der Waals surface area contributed by atoms with Gasteiger partial charge in [0.25, 0.3) is 0 Å². The summed E-state index contributed by atoms with van der Waals surface area (Å²) in [5.41, 5.74) is 6.13. The lowest BCUT2D eigenvalue weighted by atomic mass is 10.3. The minimum absolute atomic E-state index is 0.313. The van der Waals surface area contributed by atoms with Crippen molar-refractivity contribution in [2.45, 2.75) is 47.7 Å². The van der Waals surface area contributed by atoms with Crippen LogP contribution in [0, 0.1) is 5.82 Å². The van der Waals surface area contributed by atoms with E-state index in [0.29, 0.717) is 17.6 Å². The fraction of sp³-hybridized carbons (Fsp3) is 0.429. The van der Waals surface area contributed by atoms with E-state index in [1.54, 1.807) is 6.07 Å². The van der Waals surface area contributed by atoms with E-state index in [9.17, 15) is 4.39 Å². The highest BCUT2D eigenvalue weighted by atomic mass is 32.2. The molecule has 2 N–H and O–H groups in total. The summed E-state index contributed by atoms with van der Waals surface area (Å²) in [6, 6.07) is 5.12. The van der Waals surface area contributed by atoms with Crippen LogP contribution in [0.1, 0.15) is 43.5 Å². The molecule has 6 heteroatoms. The van der Waals surface area contributed by atoms with Crippen LogP contribution in [-0.2, 0) is 0 Å². The summed E-state index contributed by atoms with van der Waals surface area (Å²) in [5.74, 6) is 1.38. The van der Waals surface area contributed by atoms with Crippen LogP contribution in [0.4, 0.5) is 10.1 Å². The predicted molar refractivity (Wildman–Crippen MR) is 75.2 cm³/mol. The Hall–Kier alpha value is -1.56. The largest absolute Gasteiger partial charge is 0.399 e. The number of benzene rings is 1. The quantitative estimate of drug-likeness (QED) is 0.877. The molecule has 0 amide bonds. The number of anilines is 1. The Bertz CT molecular complexity index is 641. The van der Waals surface area contributed by atoms with Crippen LogP contribution >= 0.6 is 11.8 Å². The third-order valence-electron chi connectivity index (χ3n) is 3.65. The highest BCUT2D eigenvalue weighted by Gasteiger charge is 2.36. The maximum Gasteiger partial charge on any atom is 0.196 e. The molecule has 2 saturated carbocycles. The van der Waals surface area contributed by atoms with Crippen molar-refractivity contribution in [3.05, 3.63) is 29.8 Å². The number of hydrogen-bond acceptors (Lipinski definition) is 4. The van der Waals surface area contributed by atoms with Crippen molar-refractivity contribution in [3.8, 4) is 0 Å². The SMILES string of the molecule is Nc1cc(F)cc(Sc2nnc(C3CC3)n2C2CC2)c1. The molecular weight excluding hydrogens is 275 g/mol. The molecule has 20 heavy (non-hydrogen) atoms. The van der Waals surface area contributed by atoms with Gasteiger partial charge in [0.1, 0.15) is 11.6 Å². The zero-order valence-electron chi connectivity index (χ0n) is 10.9. The molecule has 0 atom stereocenters. The summed E-state index contributed by atoms with van der Waals surface area (Å²) in [6.45, 7) is 0. The van der Waals surface area contributed by atoms with Crippen molar-refractivity contribution in [3.63, 3.8) is 0 Å². The van der Waals surface area contributed by atoms with Gasteiger partial charge in [-0.05, 0) is 55.6 Å². The third-order valence-corrected chi connectivity index (χ3v) is 4.58. The average molecular weight is 290 g/mol. The van der Waals surface area contributed by atoms with E-state index in [1.807, 2.05) is 0 Å². The fourth-order valence-electron chi connectivity index (χ4n) is 2.40. The van der Waals surface area contributed by atoms with E-state index in [4.69, 9.17) is 5.73 Å². The number of nitrogens with two attached hydrogens (primary N) is 1. The lowest BCUT2D eigenvalue weighted by Crippen LogP contribution is -2.01. The minimum atomic E-state index is -0.313. The molecule has 104 valence electrons. The van der Waals surface area contributed by atoms with Gasteiger partial charge in [-0.25, -0.2) is 4.39 Å². The van der Waals surface area contributed by atoms with Gasteiger partial charge in [0, 0.05) is 22.5 Å². The van der Waals surface area contributed by atoms with Crippen LogP contribution < -0.4 is 5.73 Å². The van der Waals surface area contributed by atoms with Gasteiger partial charge < -0.3 is 10.3 Å². The lowest BCUT2D eigenvalue weighted by molar-refractivity contribution is 0.622. The smallest absolute Gasteiger partial charge is 0.196 e. The molecule has 2 aliphatic carbocycles. The van der Waals surface area contributed by atoms with E-state index in [1.165, 1.54) is 49.6 Å². The van der Waals surface area contributed by atoms with Gasteiger partial charge in [0.15, 0.2) is 5.16 Å².